The fourth-order valence-electron chi connectivity index (χ4n) is 5.01. The number of hydrogen-bond acceptors (Lipinski definition) is 4. The third-order valence-corrected chi connectivity index (χ3v) is 6.33. The van der Waals surface area contributed by atoms with Gasteiger partial charge in [0, 0.05) is 5.41 Å². The molecule has 0 aliphatic heterocycles. The van der Waals surface area contributed by atoms with E-state index in [0.29, 0.717) is 17.8 Å². The Kier molecular flexibility index (Phi) is 3.75. The van der Waals surface area contributed by atoms with Crippen LogP contribution < -0.4 is 0 Å². The number of rotatable bonds is 5. The third kappa shape index (κ3) is 2.99. The van der Waals surface area contributed by atoms with Gasteiger partial charge in [0.05, 0.1) is 6.61 Å². The molecule has 0 saturated heterocycles. The number of alkyl halides is 2. The highest BCUT2D eigenvalue weighted by Gasteiger charge is 2.52. The maximum absolute atomic E-state index is 13.1. The van der Waals surface area contributed by atoms with Gasteiger partial charge in [0.15, 0.2) is 0 Å². The van der Waals surface area contributed by atoms with Crippen molar-refractivity contribution in [3.05, 3.63) is 0 Å². The van der Waals surface area contributed by atoms with Crippen molar-refractivity contribution < 1.29 is 31.3 Å². The van der Waals surface area contributed by atoms with Crippen molar-refractivity contribution in [3.8, 4) is 0 Å². The number of esters is 1. The van der Waals surface area contributed by atoms with E-state index in [0.717, 1.165) is 19.3 Å². The van der Waals surface area contributed by atoms with E-state index >= 15 is 0 Å². The summed E-state index contributed by atoms with van der Waals surface area (Å²) in [5.41, 5.74) is -0.113. The highest BCUT2D eigenvalue weighted by molar-refractivity contribution is 7.86. The fraction of sp³-hybridized carbons (Fsp3) is 0.929. The number of carbonyl (C=O) groups is 1. The molecule has 0 radical (unpaired) electrons. The average molecular weight is 338 g/mol. The molecule has 0 spiro atoms. The van der Waals surface area contributed by atoms with Gasteiger partial charge in [-0.3, -0.25) is 9.35 Å². The zero-order valence-electron chi connectivity index (χ0n) is 12.1. The molecule has 4 saturated carbocycles. The van der Waals surface area contributed by atoms with E-state index < -0.39 is 27.8 Å². The molecule has 5 nitrogen and oxygen atoms in total. The van der Waals surface area contributed by atoms with Gasteiger partial charge in [0.25, 0.3) is 0 Å². The molecule has 0 amide bonds. The highest BCUT2D eigenvalue weighted by atomic mass is 32.2. The molecule has 4 rings (SSSR count). The van der Waals surface area contributed by atoms with Crippen LogP contribution in [0.1, 0.15) is 44.9 Å². The molecule has 1 N–H and O–H groups in total. The summed E-state index contributed by atoms with van der Waals surface area (Å²) < 4.78 is 60.6. The predicted octanol–water partition coefficient (Wildman–Crippen LogP) is 2.62. The Morgan fingerprint density at radius 2 is 1.59 bits per heavy atom. The first-order valence-corrected chi connectivity index (χ1v) is 9.03. The summed E-state index contributed by atoms with van der Waals surface area (Å²) in [5.74, 6) is 0.649. The van der Waals surface area contributed by atoms with Crippen LogP contribution >= 0.6 is 0 Å². The van der Waals surface area contributed by atoms with Gasteiger partial charge in [0.2, 0.25) is 0 Å². The van der Waals surface area contributed by atoms with Crippen molar-refractivity contribution in [2.24, 2.45) is 23.2 Å². The summed E-state index contributed by atoms with van der Waals surface area (Å²) in [6, 6.07) is 0. The molecule has 0 aromatic carbocycles. The van der Waals surface area contributed by atoms with Gasteiger partial charge < -0.3 is 4.74 Å². The summed E-state index contributed by atoms with van der Waals surface area (Å²) in [5, 5.41) is -4.49. The van der Waals surface area contributed by atoms with Crippen molar-refractivity contribution in [2.75, 3.05) is 6.61 Å². The lowest BCUT2D eigenvalue weighted by Gasteiger charge is -2.56. The average Bonchev–Trinajstić information content (AvgIpc) is 2.33. The molecule has 0 aromatic rings. The van der Waals surface area contributed by atoms with Crippen LogP contribution in [0.2, 0.25) is 0 Å². The molecule has 4 fully saturated rings. The van der Waals surface area contributed by atoms with E-state index in [1.165, 1.54) is 19.3 Å². The Morgan fingerprint density at radius 3 is 2.00 bits per heavy atom. The van der Waals surface area contributed by atoms with E-state index in [4.69, 9.17) is 9.29 Å². The van der Waals surface area contributed by atoms with E-state index in [9.17, 15) is 22.0 Å². The van der Waals surface area contributed by atoms with Crippen molar-refractivity contribution in [1.29, 1.82) is 0 Å². The summed E-state index contributed by atoms with van der Waals surface area (Å²) in [6.45, 7) is 0.0802. The SMILES string of the molecule is O=C(CC(F)(F)S(=O)(=O)O)OCC12CC3CC(CC(C3)C1)C2. The van der Waals surface area contributed by atoms with Gasteiger partial charge in [-0.25, -0.2) is 0 Å². The molecule has 126 valence electrons. The van der Waals surface area contributed by atoms with E-state index in [2.05, 4.69) is 0 Å². The first-order valence-electron chi connectivity index (χ1n) is 7.59. The van der Waals surface area contributed by atoms with Gasteiger partial charge in [-0.15, -0.1) is 0 Å². The highest BCUT2D eigenvalue weighted by Crippen LogP contribution is 2.60. The maximum atomic E-state index is 13.1. The molecular formula is C14H20F2O5S. The number of carbonyl (C=O) groups excluding carboxylic acids is 1. The molecule has 4 aliphatic carbocycles. The summed E-state index contributed by atoms with van der Waals surface area (Å²) in [4.78, 5) is 11.5. The Bertz CT molecular complexity index is 536. The molecule has 0 heterocycles. The number of halogens is 2. The van der Waals surface area contributed by atoms with Crippen LogP contribution in [0, 0.1) is 23.2 Å². The van der Waals surface area contributed by atoms with E-state index in [1.807, 2.05) is 0 Å². The van der Waals surface area contributed by atoms with Crippen molar-refractivity contribution in [2.45, 2.75) is 50.2 Å². The molecular weight excluding hydrogens is 318 g/mol. The lowest BCUT2D eigenvalue weighted by molar-refractivity contribution is -0.159. The standard InChI is InChI=1S/C14H20F2O5S/c15-14(16,22(18,19)20)7-12(17)21-8-13-4-9-1-10(5-13)3-11(2-9)6-13/h9-11H,1-8H2,(H,18,19,20). The zero-order chi connectivity index (χ0) is 16.2. The lowest BCUT2D eigenvalue weighted by Crippen LogP contribution is -2.48. The summed E-state index contributed by atoms with van der Waals surface area (Å²) in [6.07, 6.45) is 4.89. The van der Waals surface area contributed by atoms with Crippen LogP contribution in [-0.4, -0.2) is 30.8 Å². The molecule has 8 heteroatoms. The van der Waals surface area contributed by atoms with Crippen molar-refractivity contribution in [3.63, 3.8) is 0 Å². The number of ether oxygens (including phenoxy) is 1. The topological polar surface area (TPSA) is 80.7 Å². The second-order valence-corrected chi connectivity index (χ2v) is 8.91. The van der Waals surface area contributed by atoms with Crippen LogP contribution in [0.4, 0.5) is 8.78 Å². The predicted molar refractivity (Wildman–Crippen MR) is 72.7 cm³/mol. The van der Waals surface area contributed by atoms with Gasteiger partial charge in [0.1, 0.15) is 6.42 Å². The van der Waals surface area contributed by atoms with Gasteiger partial charge in [-0.05, 0) is 56.3 Å². The monoisotopic (exact) mass is 338 g/mol. The van der Waals surface area contributed by atoms with Crippen LogP contribution in [0.5, 0.6) is 0 Å². The Balaban J connectivity index is 1.58. The molecule has 0 unspecified atom stereocenters. The zero-order valence-corrected chi connectivity index (χ0v) is 12.9. The fourth-order valence-corrected chi connectivity index (χ4v) is 5.31. The maximum Gasteiger partial charge on any atom is 0.380 e. The van der Waals surface area contributed by atoms with Gasteiger partial charge in [-0.2, -0.15) is 17.2 Å². The van der Waals surface area contributed by atoms with Crippen LogP contribution in [0.15, 0.2) is 0 Å². The molecule has 4 aliphatic rings. The first kappa shape index (κ1) is 16.1. The van der Waals surface area contributed by atoms with Crippen LogP contribution in [-0.2, 0) is 19.6 Å². The minimum atomic E-state index is -5.59. The second kappa shape index (κ2) is 5.12. The van der Waals surface area contributed by atoms with Gasteiger partial charge in [-0.1, -0.05) is 0 Å². The molecule has 4 bridgehead atoms. The molecule has 0 atom stereocenters. The first-order chi connectivity index (χ1) is 10.1. The Morgan fingerprint density at radius 1 is 1.14 bits per heavy atom. The Labute approximate surface area is 128 Å². The number of hydrogen-bond donors (Lipinski definition) is 1. The van der Waals surface area contributed by atoms with Crippen LogP contribution in [0.3, 0.4) is 0 Å². The molecule has 22 heavy (non-hydrogen) atoms. The third-order valence-electron chi connectivity index (χ3n) is 5.43. The molecule has 0 aromatic heterocycles. The van der Waals surface area contributed by atoms with Crippen LogP contribution in [0.25, 0.3) is 0 Å². The van der Waals surface area contributed by atoms with Gasteiger partial charge >= 0.3 is 21.3 Å². The second-order valence-electron chi connectivity index (χ2n) is 7.37. The minimum Gasteiger partial charge on any atom is -0.465 e. The van der Waals surface area contributed by atoms with Crippen molar-refractivity contribution >= 4 is 16.1 Å². The summed E-state index contributed by atoms with van der Waals surface area (Å²) in [7, 11) is -5.59. The smallest absolute Gasteiger partial charge is 0.380 e. The van der Waals surface area contributed by atoms with E-state index in [-0.39, 0.29) is 12.0 Å². The normalized spacial score (nSPS) is 37.3. The quantitative estimate of drug-likeness (QED) is 0.616. The Hall–Kier alpha value is -0.760. The van der Waals surface area contributed by atoms with Crippen molar-refractivity contribution in [1.82, 2.24) is 0 Å². The lowest BCUT2D eigenvalue weighted by atomic mass is 9.50. The summed E-state index contributed by atoms with van der Waals surface area (Å²) >= 11 is 0. The van der Waals surface area contributed by atoms with E-state index in [1.54, 1.807) is 0 Å². The largest absolute Gasteiger partial charge is 0.465 e. The minimum absolute atomic E-state index is 0.0802.